The summed E-state index contributed by atoms with van der Waals surface area (Å²) in [4.78, 5) is 15.6. The summed E-state index contributed by atoms with van der Waals surface area (Å²) >= 11 is 3.60. The van der Waals surface area contributed by atoms with Crippen molar-refractivity contribution in [3.05, 3.63) is 11.1 Å². The standard InChI is InChI=1S/C13H20N2O2S2/c1-3-18-11-6-4-5-10(11)15-13-14-9(8-19-13)7-12(16)17-2/h8,10-11H,3-7H2,1-2H3,(H,14,15). The summed E-state index contributed by atoms with van der Waals surface area (Å²) in [6, 6.07) is 0.516. The van der Waals surface area contributed by atoms with Crippen molar-refractivity contribution >= 4 is 34.2 Å². The number of nitrogens with zero attached hydrogens (tertiary/aromatic N) is 1. The number of ether oxygens (including phenoxy) is 1. The molecule has 1 aliphatic carbocycles. The van der Waals surface area contributed by atoms with Gasteiger partial charge in [-0.2, -0.15) is 11.8 Å². The molecule has 1 saturated carbocycles. The molecule has 0 amide bonds. The number of anilines is 1. The van der Waals surface area contributed by atoms with Crippen molar-refractivity contribution in [3.8, 4) is 0 Å². The number of aromatic nitrogens is 1. The summed E-state index contributed by atoms with van der Waals surface area (Å²) in [5, 5.41) is 7.06. The lowest BCUT2D eigenvalue weighted by molar-refractivity contribution is -0.139. The molecule has 0 radical (unpaired) electrons. The number of rotatable bonds is 6. The number of nitrogens with one attached hydrogen (secondary N) is 1. The monoisotopic (exact) mass is 300 g/mol. The maximum absolute atomic E-state index is 11.2. The van der Waals surface area contributed by atoms with E-state index >= 15 is 0 Å². The quantitative estimate of drug-likeness (QED) is 0.819. The van der Waals surface area contributed by atoms with E-state index in [1.807, 2.05) is 17.1 Å². The predicted octanol–water partition coefficient (Wildman–Crippen LogP) is 2.94. The minimum absolute atomic E-state index is 0.239. The fourth-order valence-electron chi connectivity index (χ4n) is 2.34. The molecule has 0 bridgehead atoms. The molecule has 0 spiro atoms. The van der Waals surface area contributed by atoms with Crippen LogP contribution in [0.5, 0.6) is 0 Å². The zero-order chi connectivity index (χ0) is 13.7. The molecule has 1 N–H and O–H groups in total. The molecule has 1 aromatic rings. The third-order valence-electron chi connectivity index (χ3n) is 3.25. The van der Waals surface area contributed by atoms with Crippen molar-refractivity contribution in [3.63, 3.8) is 0 Å². The molecule has 106 valence electrons. The first-order valence-electron chi connectivity index (χ1n) is 6.62. The Morgan fingerprint density at radius 3 is 3.21 bits per heavy atom. The molecule has 0 aromatic carbocycles. The molecule has 0 saturated heterocycles. The Bertz CT molecular complexity index is 423. The van der Waals surface area contributed by atoms with Crippen LogP contribution in [0.25, 0.3) is 0 Å². The van der Waals surface area contributed by atoms with Gasteiger partial charge in [0.05, 0.1) is 19.2 Å². The number of thiazole rings is 1. The second-order valence-corrected chi connectivity index (χ2v) is 6.95. The Morgan fingerprint density at radius 1 is 1.63 bits per heavy atom. The Morgan fingerprint density at radius 2 is 2.47 bits per heavy atom. The second kappa shape index (κ2) is 7.14. The first-order valence-corrected chi connectivity index (χ1v) is 8.55. The van der Waals surface area contributed by atoms with Crippen LogP contribution in [0.4, 0.5) is 5.13 Å². The van der Waals surface area contributed by atoms with Gasteiger partial charge in [-0.25, -0.2) is 4.98 Å². The Labute approximate surface area is 122 Å². The molecule has 4 nitrogen and oxygen atoms in total. The van der Waals surface area contributed by atoms with Crippen LogP contribution in [0.15, 0.2) is 5.38 Å². The normalized spacial score (nSPS) is 22.4. The molecule has 1 fully saturated rings. The topological polar surface area (TPSA) is 51.2 Å². The van der Waals surface area contributed by atoms with Crippen molar-refractivity contribution in [1.29, 1.82) is 0 Å². The second-order valence-electron chi connectivity index (χ2n) is 4.57. The summed E-state index contributed by atoms with van der Waals surface area (Å²) in [5.41, 5.74) is 0.789. The van der Waals surface area contributed by atoms with E-state index in [-0.39, 0.29) is 12.4 Å². The van der Waals surface area contributed by atoms with E-state index in [1.165, 1.54) is 26.4 Å². The third kappa shape index (κ3) is 4.11. The van der Waals surface area contributed by atoms with Gasteiger partial charge in [0.25, 0.3) is 0 Å². The molecule has 2 atom stereocenters. The van der Waals surface area contributed by atoms with Gasteiger partial charge in [-0.3, -0.25) is 4.79 Å². The van der Waals surface area contributed by atoms with Crippen LogP contribution in [-0.2, 0) is 16.0 Å². The number of thioether (sulfide) groups is 1. The van der Waals surface area contributed by atoms with Crippen LogP contribution in [0.1, 0.15) is 31.9 Å². The molecule has 1 aromatic heterocycles. The van der Waals surface area contributed by atoms with Crippen molar-refractivity contribution in [2.45, 2.75) is 43.9 Å². The van der Waals surface area contributed by atoms with Crippen molar-refractivity contribution in [1.82, 2.24) is 4.98 Å². The summed E-state index contributed by atoms with van der Waals surface area (Å²) in [7, 11) is 1.40. The third-order valence-corrected chi connectivity index (χ3v) is 5.40. The van der Waals surface area contributed by atoms with Crippen LogP contribution in [0.2, 0.25) is 0 Å². The molecule has 6 heteroatoms. The fourth-order valence-corrected chi connectivity index (χ4v) is 4.31. The van der Waals surface area contributed by atoms with Crippen LogP contribution >= 0.6 is 23.1 Å². The van der Waals surface area contributed by atoms with Gasteiger partial charge < -0.3 is 10.1 Å². The number of carbonyl (C=O) groups is 1. The minimum atomic E-state index is -0.239. The van der Waals surface area contributed by atoms with Gasteiger partial charge in [0.15, 0.2) is 5.13 Å². The highest BCUT2D eigenvalue weighted by Crippen LogP contribution is 2.32. The average Bonchev–Trinajstić information content (AvgIpc) is 3.01. The number of methoxy groups -OCH3 is 1. The van der Waals surface area contributed by atoms with Crippen molar-refractivity contribution in [2.24, 2.45) is 0 Å². The van der Waals surface area contributed by atoms with Crippen LogP contribution in [0, 0.1) is 0 Å². The minimum Gasteiger partial charge on any atom is -0.469 e. The fraction of sp³-hybridized carbons (Fsp3) is 0.692. The highest BCUT2D eigenvalue weighted by atomic mass is 32.2. The Kier molecular flexibility index (Phi) is 5.51. The summed E-state index contributed by atoms with van der Waals surface area (Å²) in [6.45, 7) is 2.21. The van der Waals surface area contributed by atoms with Gasteiger partial charge in [0, 0.05) is 16.7 Å². The van der Waals surface area contributed by atoms with E-state index < -0.39 is 0 Å². The first kappa shape index (κ1) is 14.7. The van der Waals surface area contributed by atoms with E-state index in [4.69, 9.17) is 0 Å². The molecular formula is C13H20N2O2S2. The SMILES string of the molecule is CCSC1CCCC1Nc1nc(CC(=O)OC)cs1. The molecule has 0 aliphatic heterocycles. The highest BCUT2D eigenvalue weighted by molar-refractivity contribution is 7.99. The van der Waals surface area contributed by atoms with Gasteiger partial charge in [-0.05, 0) is 18.6 Å². The number of hydrogen-bond acceptors (Lipinski definition) is 6. The smallest absolute Gasteiger partial charge is 0.311 e. The zero-order valence-corrected chi connectivity index (χ0v) is 13.0. The number of carbonyl (C=O) groups excluding carboxylic acids is 1. The van der Waals surface area contributed by atoms with E-state index in [0.717, 1.165) is 16.6 Å². The van der Waals surface area contributed by atoms with Crippen molar-refractivity contribution < 1.29 is 9.53 Å². The predicted molar refractivity (Wildman–Crippen MR) is 81.0 cm³/mol. The number of esters is 1. The van der Waals surface area contributed by atoms with Crippen LogP contribution in [0.3, 0.4) is 0 Å². The van der Waals surface area contributed by atoms with E-state index in [9.17, 15) is 4.79 Å². The van der Waals surface area contributed by atoms with Gasteiger partial charge in [-0.15, -0.1) is 11.3 Å². The van der Waals surface area contributed by atoms with Gasteiger partial charge in [0.2, 0.25) is 0 Å². The largest absolute Gasteiger partial charge is 0.469 e. The maximum Gasteiger partial charge on any atom is 0.311 e. The van der Waals surface area contributed by atoms with Gasteiger partial charge in [0.1, 0.15) is 0 Å². The maximum atomic E-state index is 11.2. The lowest BCUT2D eigenvalue weighted by Crippen LogP contribution is -2.26. The summed E-state index contributed by atoms with van der Waals surface area (Å²) in [6.07, 6.45) is 4.04. The zero-order valence-electron chi connectivity index (χ0n) is 11.3. The Balaban J connectivity index is 1.90. The molecular weight excluding hydrogens is 280 g/mol. The van der Waals surface area contributed by atoms with Crippen LogP contribution in [-0.4, -0.2) is 35.1 Å². The lowest BCUT2D eigenvalue weighted by Gasteiger charge is -2.19. The molecule has 1 heterocycles. The first-order chi connectivity index (χ1) is 9.22. The van der Waals surface area contributed by atoms with Gasteiger partial charge in [-0.1, -0.05) is 13.3 Å². The molecule has 1 aliphatic rings. The van der Waals surface area contributed by atoms with Gasteiger partial charge >= 0.3 is 5.97 Å². The summed E-state index contributed by atoms with van der Waals surface area (Å²) in [5.74, 6) is 0.922. The Hall–Kier alpha value is -0.750. The highest BCUT2D eigenvalue weighted by Gasteiger charge is 2.27. The molecule has 2 unspecified atom stereocenters. The van der Waals surface area contributed by atoms with Crippen LogP contribution < -0.4 is 5.32 Å². The summed E-state index contributed by atoms with van der Waals surface area (Å²) < 4.78 is 4.65. The lowest BCUT2D eigenvalue weighted by atomic mass is 10.2. The average molecular weight is 300 g/mol. The number of hydrogen-bond donors (Lipinski definition) is 1. The van der Waals surface area contributed by atoms with E-state index in [1.54, 1.807) is 11.3 Å². The van der Waals surface area contributed by atoms with E-state index in [0.29, 0.717) is 11.3 Å². The van der Waals surface area contributed by atoms with Crippen molar-refractivity contribution in [2.75, 3.05) is 18.2 Å². The molecule has 19 heavy (non-hydrogen) atoms. The van der Waals surface area contributed by atoms with E-state index in [2.05, 4.69) is 22.0 Å². The molecule has 2 rings (SSSR count).